The first-order chi connectivity index (χ1) is 6.61. The second-order valence-corrected chi connectivity index (χ2v) is 3.43. The molecular weight excluding hydrogens is 230 g/mol. The molecule has 1 atom stereocenters. The quantitative estimate of drug-likeness (QED) is 0.713. The van der Waals surface area contributed by atoms with Crippen LogP contribution in [0.15, 0.2) is 6.33 Å². The fourth-order valence-corrected chi connectivity index (χ4v) is 1.56. The fourth-order valence-electron chi connectivity index (χ4n) is 1.07. The van der Waals surface area contributed by atoms with Crippen molar-refractivity contribution in [2.45, 2.75) is 13.1 Å². The normalized spacial score (nSPS) is 13.4. The Bertz CT molecular complexity index is 482. The zero-order valence-electron chi connectivity index (χ0n) is 7.08. The highest BCUT2D eigenvalue weighted by molar-refractivity contribution is 6.41. The molecule has 0 aliphatic carbocycles. The smallest absolute Gasteiger partial charge is 0.241 e. The van der Waals surface area contributed by atoms with Gasteiger partial charge in [0.25, 0.3) is 5.78 Å². The van der Waals surface area contributed by atoms with Crippen LogP contribution in [0.4, 0.5) is 4.39 Å². The highest BCUT2D eigenvalue weighted by Gasteiger charge is 2.17. The summed E-state index contributed by atoms with van der Waals surface area (Å²) < 4.78 is 14.3. The Morgan fingerprint density at radius 3 is 2.86 bits per heavy atom. The van der Waals surface area contributed by atoms with Gasteiger partial charge >= 0.3 is 0 Å². The van der Waals surface area contributed by atoms with Gasteiger partial charge in [-0.15, -0.1) is 0 Å². The Balaban J connectivity index is 2.80. The van der Waals surface area contributed by atoms with Crippen LogP contribution in [0, 0.1) is 0 Å². The lowest BCUT2D eigenvalue weighted by Gasteiger charge is -2.06. The predicted octanol–water partition coefficient (Wildman–Crippen LogP) is 2.46. The molecule has 2 aromatic rings. The van der Waals surface area contributed by atoms with Crippen molar-refractivity contribution in [3.05, 3.63) is 22.2 Å². The molecule has 0 radical (unpaired) electrons. The molecule has 0 saturated heterocycles. The van der Waals surface area contributed by atoms with Gasteiger partial charge in [0.1, 0.15) is 23.2 Å². The topological polar surface area (TPSA) is 43.1 Å². The van der Waals surface area contributed by atoms with E-state index < -0.39 is 6.17 Å². The van der Waals surface area contributed by atoms with Gasteiger partial charge < -0.3 is 0 Å². The van der Waals surface area contributed by atoms with Crippen molar-refractivity contribution in [3.8, 4) is 0 Å². The lowest BCUT2D eigenvalue weighted by atomic mass is 10.3. The average Bonchev–Trinajstić information content (AvgIpc) is 2.58. The summed E-state index contributed by atoms with van der Waals surface area (Å²) in [5, 5.41) is 3.97. The number of halogens is 3. The maximum absolute atomic E-state index is 13.0. The lowest BCUT2D eigenvalue weighted by molar-refractivity contribution is 0.366. The molecule has 2 heterocycles. The predicted molar refractivity (Wildman–Crippen MR) is 50.3 cm³/mol. The molecule has 2 aromatic heterocycles. The highest BCUT2D eigenvalue weighted by atomic mass is 35.5. The maximum Gasteiger partial charge on any atom is 0.253 e. The largest absolute Gasteiger partial charge is 0.253 e. The van der Waals surface area contributed by atoms with Crippen molar-refractivity contribution in [2.75, 3.05) is 0 Å². The average molecular weight is 235 g/mol. The number of rotatable bonds is 1. The number of fused-ring (bicyclic) bond motifs is 1. The molecule has 0 fully saturated rings. The SMILES string of the molecule is CC(F)c1nc2ncnn2c(Cl)c1Cl. The minimum Gasteiger partial charge on any atom is -0.241 e. The molecule has 14 heavy (non-hydrogen) atoms. The highest BCUT2D eigenvalue weighted by Crippen LogP contribution is 2.29. The molecule has 0 aliphatic heterocycles. The molecular formula is C7H5Cl2FN4. The monoisotopic (exact) mass is 234 g/mol. The third kappa shape index (κ3) is 1.33. The number of nitrogens with zero attached hydrogens (tertiary/aromatic N) is 4. The molecule has 7 heteroatoms. The number of alkyl halides is 1. The molecule has 0 spiro atoms. The van der Waals surface area contributed by atoms with Crippen molar-refractivity contribution < 1.29 is 4.39 Å². The first kappa shape index (κ1) is 9.61. The Hall–Kier alpha value is -0.940. The fraction of sp³-hybridized carbons (Fsp3) is 0.286. The summed E-state index contributed by atoms with van der Waals surface area (Å²) in [7, 11) is 0. The van der Waals surface area contributed by atoms with Crippen LogP contribution in [0.2, 0.25) is 10.2 Å². The van der Waals surface area contributed by atoms with Crippen LogP contribution in [0.25, 0.3) is 5.78 Å². The van der Waals surface area contributed by atoms with Crippen LogP contribution in [0.5, 0.6) is 0 Å². The van der Waals surface area contributed by atoms with E-state index in [9.17, 15) is 4.39 Å². The minimum absolute atomic E-state index is 0.0691. The third-order valence-corrected chi connectivity index (χ3v) is 2.54. The molecule has 1 unspecified atom stereocenters. The van der Waals surface area contributed by atoms with Crippen LogP contribution in [0.3, 0.4) is 0 Å². The van der Waals surface area contributed by atoms with Gasteiger partial charge in [0, 0.05) is 0 Å². The van der Waals surface area contributed by atoms with Crippen LogP contribution in [-0.2, 0) is 0 Å². The van der Waals surface area contributed by atoms with Crippen LogP contribution in [-0.4, -0.2) is 19.6 Å². The standard InChI is InChI=1S/C7H5Cl2FN4/c1-3(10)5-4(8)6(9)14-7(13-5)11-2-12-14/h2-3H,1H3. The Labute approximate surface area is 88.7 Å². The lowest BCUT2D eigenvalue weighted by Crippen LogP contribution is -2.01. The van der Waals surface area contributed by atoms with E-state index in [-0.39, 0.29) is 21.6 Å². The Kier molecular flexibility index (Phi) is 2.28. The minimum atomic E-state index is -1.29. The van der Waals surface area contributed by atoms with Crippen molar-refractivity contribution in [2.24, 2.45) is 0 Å². The molecule has 2 rings (SSSR count). The molecule has 0 saturated carbocycles. The summed E-state index contributed by atoms with van der Waals surface area (Å²) in [5.41, 5.74) is 0.0807. The van der Waals surface area contributed by atoms with Gasteiger partial charge in [0.15, 0.2) is 5.15 Å². The number of hydrogen-bond acceptors (Lipinski definition) is 3. The van der Waals surface area contributed by atoms with E-state index in [0.29, 0.717) is 0 Å². The molecule has 4 nitrogen and oxygen atoms in total. The van der Waals surface area contributed by atoms with Gasteiger partial charge in [-0.2, -0.15) is 14.6 Å². The summed E-state index contributed by atoms with van der Waals surface area (Å²) in [6.07, 6.45) is -0.0151. The summed E-state index contributed by atoms with van der Waals surface area (Å²) in [6, 6.07) is 0. The first-order valence-electron chi connectivity index (χ1n) is 3.80. The summed E-state index contributed by atoms with van der Waals surface area (Å²) in [5.74, 6) is 0.235. The van der Waals surface area contributed by atoms with Crippen molar-refractivity contribution in [3.63, 3.8) is 0 Å². The summed E-state index contributed by atoms with van der Waals surface area (Å²) in [6.45, 7) is 1.33. The molecule has 0 aromatic carbocycles. The zero-order chi connectivity index (χ0) is 10.3. The third-order valence-electron chi connectivity index (χ3n) is 1.72. The van der Waals surface area contributed by atoms with E-state index >= 15 is 0 Å². The van der Waals surface area contributed by atoms with Gasteiger partial charge in [-0.25, -0.2) is 9.37 Å². The maximum atomic E-state index is 13.0. The second kappa shape index (κ2) is 3.33. The molecule has 0 N–H and O–H groups in total. The van der Waals surface area contributed by atoms with E-state index in [0.717, 1.165) is 0 Å². The zero-order valence-corrected chi connectivity index (χ0v) is 8.59. The molecule has 0 bridgehead atoms. The van der Waals surface area contributed by atoms with E-state index in [1.807, 2.05) is 0 Å². The van der Waals surface area contributed by atoms with Crippen molar-refractivity contribution >= 4 is 29.0 Å². The molecule has 0 aliphatic rings. The Morgan fingerprint density at radius 1 is 1.50 bits per heavy atom. The van der Waals surface area contributed by atoms with Crippen LogP contribution in [0.1, 0.15) is 18.8 Å². The van der Waals surface area contributed by atoms with Gasteiger partial charge in [-0.3, -0.25) is 0 Å². The van der Waals surface area contributed by atoms with Crippen LogP contribution >= 0.6 is 23.2 Å². The summed E-state index contributed by atoms with van der Waals surface area (Å²) >= 11 is 11.6. The van der Waals surface area contributed by atoms with Crippen LogP contribution < -0.4 is 0 Å². The van der Waals surface area contributed by atoms with E-state index in [2.05, 4.69) is 15.1 Å². The van der Waals surface area contributed by atoms with Gasteiger partial charge in [-0.1, -0.05) is 23.2 Å². The number of aromatic nitrogens is 4. The van der Waals surface area contributed by atoms with E-state index in [4.69, 9.17) is 23.2 Å². The van der Waals surface area contributed by atoms with Gasteiger partial charge in [0.05, 0.1) is 0 Å². The Morgan fingerprint density at radius 2 is 2.21 bits per heavy atom. The molecule has 0 amide bonds. The van der Waals surface area contributed by atoms with Crippen molar-refractivity contribution in [1.82, 2.24) is 19.6 Å². The second-order valence-electron chi connectivity index (χ2n) is 2.69. The van der Waals surface area contributed by atoms with Crippen molar-refractivity contribution in [1.29, 1.82) is 0 Å². The first-order valence-corrected chi connectivity index (χ1v) is 4.55. The van der Waals surface area contributed by atoms with Gasteiger partial charge in [-0.05, 0) is 6.92 Å². The molecule has 74 valence electrons. The van der Waals surface area contributed by atoms with Gasteiger partial charge in [0.2, 0.25) is 0 Å². The number of hydrogen-bond donors (Lipinski definition) is 0. The van der Waals surface area contributed by atoms with E-state index in [1.54, 1.807) is 0 Å². The van der Waals surface area contributed by atoms with E-state index in [1.165, 1.54) is 17.8 Å². The summed E-state index contributed by atoms with van der Waals surface area (Å²) in [4.78, 5) is 7.69.